The molecule has 0 aromatic heterocycles. The average Bonchev–Trinajstić information content (AvgIpc) is 3.23. The number of carbonyl (C=O) groups excluding carboxylic acids is 1. The van der Waals surface area contributed by atoms with Gasteiger partial charge in [-0.2, -0.15) is 4.31 Å². The second kappa shape index (κ2) is 8.94. The van der Waals surface area contributed by atoms with Crippen LogP contribution in [0.4, 0.5) is 0 Å². The summed E-state index contributed by atoms with van der Waals surface area (Å²) in [7, 11) is -3.73. The second-order valence-corrected chi connectivity index (χ2v) is 8.69. The Kier molecular flexibility index (Phi) is 6.59. The molecule has 0 saturated carbocycles. The van der Waals surface area contributed by atoms with Gasteiger partial charge in [-0.1, -0.05) is 29.8 Å². The highest BCUT2D eigenvalue weighted by Gasteiger charge is 2.30. The van der Waals surface area contributed by atoms with Gasteiger partial charge in [0.15, 0.2) is 0 Å². The molecule has 1 heterocycles. The van der Waals surface area contributed by atoms with Crippen LogP contribution in [0.3, 0.4) is 0 Å². The molecular weight excluding hydrogens is 402 g/mol. The predicted molar refractivity (Wildman–Crippen MR) is 106 cm³/mol. The van der Waals surface area contributed by atoms with E-state index in [0.29, 0.717) is 25.4 Å². The molecule has 0 bridgehead atoms. The van der Waals surface area contributed by atoms with Gasteiger partial charge in [0.05, 0.1) is 17.2 Å². The van der Waals surface area contributed by atoms with E-state index in [0.717, 1.165) is 18.4 Å². The molecule has 1 saturated heterocycles. The lowest BCUT2D eigenvalue weighted by Crippen LogP contribution is -2.28. The van der Waals surface area contributed by atoms with E-state index in [1.54, 1.807) is 6.07 Å². The van der Waals surface area contributed by atoms with E-state index in [4.69, 9.17) is 21.1 Å². The Balaban J connectivity index is 1.78. The van der Waals surface area contributed by atoms with Gasteiger partial charge in [-0.05, 0) is 44.0 Å². The highest BCUT2D eigenvalue weighted by Crippen LogP contribution is 2.28. The molecule has 6 nitrogen and oxygen atoms in total. The average molecular weight is 424 g/mol. The van der Waals surface area contributed by atoms with Gasteiger partial charge in [0, 0.05) is 18.7 Å². The molecule has 2 aromatic rings. The van der Waals surface area contributed by atoms with Crippen LogP contribution >= 0.6 is 11.6 Å². The lowest BCUT2D eigenvalue weighted by atomic mass is 10.2. The Labute approximate surface area is 170 Å². The first kappa shape index (κ1) is 20.6. The van der Waals surface area contributed by atoms with Crippen molar-refractivity contribution in [3.8, 4) is 5.75 Å². The van der Waals surface area contributed by atoms with Crippen LogP contribution in [0.2, 0.25) is 5.02 Å². The van der Waals surface area contributed by atoms with Crippen molar-refractivity contribution in [3.05, 3.63) is 58.6 Å². The molecule has 1 fully saturated rings. The molecule has 0 amide bonds. The molecule has 2 aromatic carbocycles. The summed E-state index contributed by atoms with van der Waals surface area (Å²) in [6.07, 6.45) is 1.63. The zero-order valence-electron chi connectivity index (χ0n) is 15.6. The SMILES string of the molecule is CCOc1ccccc1COC(=O)c1ccc(Cl)c(S(=O)(=O)N2CCCC2)c1. The van der Waals surface area contributed by atoms with E-state index in [2.05, 4.69) is 0 Å². The highest BCUT2D eigenvalue weighted by atomic mass is 35.5. The summed E-state index contributed by atoms with van der Waals surface area (Å²) in [5.74, 6) is 0.0204. The number of nitrogens with zero attached hydrogens (tertiary/aromatic N) is 1. The van der Waals surface area contributed by atoms with E-state index in [1.165, 1.54) is 22.5 Å². The Morgan fingerprint density at radius 1 is 1.14 bits per heavy atom. The van der Waals surface area contributed by atoms with Crippen molar-refractivity contribution in [1.82, 2.24) is 4.31 Å². The smallest absolute Gasteiger partial charge is 0.338 e. The van der Waals surface area contributed by atoms with E-state index in [-0.39, 0.29) is 22.1 Å². The number of para-hydroxylation sites is 1. The van der Waals surface area contributed by atoms with Crippen LogP contribution in [0.5, 0.6) is 5.75 Å². The topological polar surface area (TPSA) is 72.9 Å². The number of rotatable bonds is 7. The summed E-state index contributed by atoms with van der Waals surface area (Å²) < 4.78 is 37.9. The molecule has 0 unspecified atom stereocenters. The number of sulfonamides is 1. The minimum Gasteiger partial charge on any atom is -0.493 e. The largest absolute Gasteiger partial charge is 0.493 e. The van der Waals surface area contributed by atoms with Crippen LogP contribution in [-0.2, 0) is 21.4 Å². The van der Waals surface area contributed by atoms with Gasteiger partial charge in [0.25, 0.3) is 0 Å². The summed E-state index contributed by atoms with van der Waals surface area (Å²) in [6.45, 7) is 3.31. The first-order valence-electron chi connectivity index (χ1n) is 9.11. The normalized spacial score (nSPS) is 14.8. The van der Waals surface area contributed by atoms with Crippen LogP contribution in [-0.4, -0.2) is 38.4 Å². The third-order valence-corrected chi connectivity index (χ3v) is 6.86. The molecule has 1 aliphatic rings. The molecule has 1 aliphatic heterocycles. The van der Waals surface area contributed by atoms with Gasteiger partial charge in [-0.25, -0.2) is 13.2 Å². The van der Waals surface area contributed by atoms with Crippen LogP contribution in [0.1, 0.15) is 35.7 Å². The first-order chi connectivity index (χ1) is 13.4. The monoisotopic (exact) mass is 423 g/mol. The van der Waals surface area contributed by atoms with Crippen LogP contribution in [0, 0.1) is 0 Å². The van der Waals surface area contributed by atoms with Gasteiger partial charge in [0.2, 0.25) is 10.0 Å². The lowest BCUT2D eigenvalue weighted by Gasteiger charge is -2.17. The molecule has 8 heteroatoms. The van der Waals surface area contributed by atoms with Gasteiger partial charge in [-0.15, -0.1) is 0 Å². The summed E-state index contributed by atoms with van der Waals surface area (Å²) in [4.78, 5) is 12.4. The van der Waals surface area contributed by atoms with Crippen molar-refractivity contribution in [1.29, 1.82) is 0 Å². The predicted octanol–water partition coefficient (Wildman–Crippen LogP) is 3.88. The lowest BCUT2D eigenvalue weighted by molar-refractivity contribution is 0.0469. The number of ether oxygens (including phenoxy) is 2. The van der Waals surface area contributed by atoms with Crippen LogP contribution in [0.25, 0.3) is 0 Å². The third-order valence-electron chi connectivity index (χ3n) is 4.48. The van der Waals surface area contributed by atoms with Crippen molar-refractivity contribution in [3.63, 3.8) is 0 Å². The van der Waals surface area contributed by atoms with E-state index in [1.807, 2.05) is 25.1 Å². The molecular formula is C20H22ClNO5S. The van der Waals surface area contributed by atoms with Crippen LogP contribution < -0.4 is 4.74 Å². The molecule has 0 aliphatic carbocycles. The number of carbonyl (C=O) groups is 1. The summed E-state index contributed by atoms with van der Waals surface area (Å²) in [5.41, 5.74) is 0.868. The Morgan fingerprint density at radius 3 is 2.57 bits per heavy atom. The molecule has 28 heavy (non-hydrogen) atoms. The second-order valence-electron chi connectivity index (χ2n) is 6.37. The molecule has 0 N–H and O–H groups in total. The van der Waals surface area contributed by atoms with Crippen molar-refractivity contribution in [2.24, 2.45) is 0 Å². The molecule has 150 valence electrons. The number of esters is 1. The van der Waals surface area contributed by atoms with Gasteiger partial charge >= 0.3 is 5.97 Å². The number of halogens is 1. The molecule has 3 rings (SSSR count). The van der Waals surface area contributed by atoms with Gasteiger partial charge in [-0.3, -0.25) is 0 Å². The number of hydrogen-bond donors (Lipinski definition) is 0. The molecule has 0 atom stereocenters. The standard InChI is InChI=1S/C20H22ClNO5S/c1-2-26-18-8-4-3-7-16(18)14-27-20(23)15-9-10-17(21)19(13-15)28(24,25)22-11-5-6-12-22/h3-4,7-10,13H,2,5-6,11-12,14H2,1H3. The van der Waals surface area contributed by atoms with Crippen molar-refractivity contribution in [2.75, 3.05) is 19.7 Å². The Hall–Kier alpha value is -2.09. The third kappa shape index (κ3) is 4.48. The maximum atomic E-state index is 12.8. The van der Waals surface area contributed by atoms with E-state index in [9.17, 15) is 13.2 Å². The van der Waals surface area contributed by atoms with Crippen molar-refractivity contribution < 1.29 is 22.7 Å². The number of hydrogen-bond acceptors (Lipinski definition) is 5. The first-order valence-corrected chi connectivity index (χ1v) is 10.9. The number of benzene rings is 2. The van der Waals surface area contributed by atoms with Crippen molar-refractivity contribution in [2.45, 2.75) is 31.3 Å². The fraction of sp³-hybridized carbons (Fsp3) is 0.350. The molecule has 0 radical (unpaired) electrons. The molecule has 0 spiro atoms. The quantitative estimate of drug-likeness (QED) is 0.632. The summed E-state index contributed by atoms with van der Waals surface area (Å²) in [6, 6.07) is 11.4. The zero-order valence-corrected chi connectivity index (χ0v) is 17.1. The Bertz CT molecular complexity index is 955. The summed E-state index contributed by atoms with van der Waals surface area (Å²) in [5, 5.41) is 0.0881. The maximum absolute atomic E-state index is 12.8. The zero-order chi connectivity index (χ0) is 20.1. The van der Waals surface area contributed by atoms with Crippen molar-refractivity contribution >= 4 is 27.6 Å². The van der Waals surface area contributed by atoms with Gasteiger partial charge < -0.3 is 9.47 Å². The minimum absolute atomic E-state index is 0.0197. The highest BCUT2D eigenvalue weighted by molar-refractivity contribution is 7.89. The fourth-order valence-corrected chi connectivity index (χ4v) is 5.06. The maximum Gasteiger partial charge on any atom is 0.338 e. The summed E-state index contributed by atoms with van der Waals surface area (Å²) >= 11 is 6.12. The fourth-order valence-electron chi connectivity index (χ4n) is 3.04. The van der Waals surface area contributed by atoms with Gasteiger partial charge in [0.1, 0.15) is 17.3 Å². The van der Waals surface area contributed by atoms with E-state index < -0.39 is 16.0 Å². The minimum atomic E-state index is -3.73. The van der Waals surface area contributed by atoms with Crippen LogP contribution in [0.15, 0.2) is 47.4 Å². The Morgan fingerprint density at radius 2 is 1.86 bits per heavy atom. The van der Waals surface area contributed by atoms with E-state index >= 15 is 0 Å².